The van der Waals surface area contributed by atoms with Crippen LogP contribution < -0.4 is 4.74 Å². The Hall–Kier alpha value is -2.09. The molecule has 1 saturated heterocycles. The lowest BCUT2D eigenvalue weighted by Crippen LogP contribution is -2.40. The predicted molar refractivity (Wildman–Crippen MR) is 156 cm³/mol. The zero-order valence-corrected chi connectivity index (χ0v) is 24.0. The van der Waals surface area contributed by atoms with Gasteiger partial charge in [0.25, 0.3) is 0 Å². The molecule has 2 aliphatic rings. The monoisotopic (exact) mass is 574 g/mol. The molecule has 5 nitrogen and oxygen atoms in total. The van der Waals surface area contributed by atoms with E-state index >= 15 is 0 Å². The van der Waals surface area contributed by atoms with Gasteiger partial charge < -0.3 is 9.64 Å². The lowest BCUT2D eigenvalue weighted by Gasteiger charge is -2.29. The van der Waals surface area contributed by atoms with Gasteiger partial charge in [0.1, 0.15) is 5.75 Å². The van der Waals surface area contributed by atoms with Gasteiger partial charge in [0.15, 0.2) is 0 Å². The highest BCUT2D eigenvalue weighted by atomic mass is 35.5. The summed E-state index contributed by atoms with van der Waals surface area (Å²) >= 11 is 6.06. The number of halogens is 2. The zero-order chi connectivity index (χ0) is 25.7. The van der Waals surface area contributed by atoms with E-state index in [0.29, 0.717) is 24.5 Å². The van der Waals surface area contributed by atoms with E-state index in [2.05, 4.69) is 17.0 Å². The van der Waals surface area contributed by atoms with Crippen LogP contribution in [0.15, 0.2) is 77.7 Å². The Labute approximate surface area is 238 Å². The Morgan fingerprint density at radius 3 is 2.18 bits per heavy atom. The summed E-state index contributed by atoms with van der Waals surface area (Å²) in [5.74, 6) is 0.757. The minimum atomic E-state index is -3.76. The fourth-order valence-corrected chi connectivity index (χ4v) is 7.22. The van der Waals surface area contributed by atoms with E-state index in [1.54, 1.807) is 28.6 Å². The number of ether oxygens (including phenoxy) is 1. The molecule has 1 aliphatic heterocycles. The Morgan fingerprint density at radius 2 is 1.50 bits per heavy atom. The fraction of sp³-hybridized carbons (Fsp3) is 0.400. The quantitative estimate of drug-likeness (QED) is 0.264. The summed E-state index contributed by atoms with van der Waals surface area (Å²) in [6.07, 6.45) is 6.25. The van der Waals surface area contributed by atoms with Crippen LogP contribution in [0.5, 0.6) is 5.75 Å². The van der Waals surface area contributed by atoms with Crippen molar-refractivity contribution in [2.24, 2.45) is 0 Å². The summed E-state index contributed by atoms with van der Waals surface area (Å²) in [5.41, 5.74) is 3.31. The molecule has 0 aromatic heterocycles. The highest BCUT2D eigenvalue weighted by Gasteiger charge is 2.36. The van der Waals surface area contributed by atoms with E-state index in [9.17, 15) is 8.42 Å². The van der Waals surface area contributed by atoms with E-state index in [0.717, 1.165) is 24.3 Å². The molecule has 3 aromatic rings. The van der Waals surface area contributed by atoms with Gasteiger partial charge in [-0.05, 0) is 86.7 Å². The van der Waals surface area contributed by atoms with Crippen LogP contribution in [0.1, 0.15) is 42.4 Å². The number of sulfonamides is 1. The third kappa shape index (κ3) is 6.91. The van der Waals surface area contributed by atoms with E-state index in [-0.39, 0.29) is 29.9 Å². The van der Waals surface area contributed by atoms with Gasteiger partial charge in [-0.25, -0.2) is 8.42 Å². The molecule has 0 bridgehead atoms. The van der Waals surface area contributed by atoms with Crippen LogP contribution in [0.2, 0.25) is 5.02 Å². The highest BCUT2D eigenvalue weighted by Crippen LogP contribution is 2.33. The van der Waals surface area contributed by atoms with E-state index < -0.39 is 10.0 Å². The minimum absolute atomic E-state index is 0. The number of benzene rings is 3. The highest BCUT2D eigenvalue weighted by molar-refractivity contribution is 7.89. The van der Waals surface area contributed by atoms with E-state index in [1.165, 1.54) is 43.5 Å². The fourth-order valence-electron chi connectivity index (χ4n) is 5.49. The maximum absolute atomic E-state index is 14.0. The van der Waals surface area contributed by atoms with Crippen LogP contribution in [0.3, 0.4) is 0 Å². The molecule has 0 N–H and O–H groups in total. The van der Waals surface area contributed by atoms with Gasteiger partial charge in [-0.15, -0.1) is 12.4 Å². The number of piperidine rings is 1. The number of fused-ring (bicyclic) bond motifs is 1. The Kier molecular flexibility index (Phi) is 10.1. The summed E-state index contributed by atoms with van der Waals surface area (Å²) in [6.45, 7) is 4.27. The first-order chi connectivity index (χ1) is 18.0. The molecule has 0 spiro atoms. The summed E-state index contributed by atoms with van der Waals surface area (Å²) in [5, 5.41) is 0.516. The van der Waals surface area contributed by atoms with Gasteiger partial charge in [0.2, 0.25) is 10.0 Å². The van der Waals surface area contributed by atoms with Crippen LogP contribution in [0, 0.1) is 0 Å². The van der Waals surface area contributed by atoms with Gasteiger partial charge in [-0.2, -0.15) is 4.31 Å². The molecule has 5 rings (SSSR count). The van der Waals surface area contributed by atoms with Crippen molar-refractivity contribution in [1.29, 1.82) is 0 Å². The number of likely N-dealkylation sites (tertiary alicyclic amines) is 1. The van der Waals surface area contributed by atoms with Crippen molar-refractivity contribution < 1.29 is 13.2 Å². The molecule has 0 unspecified atom stereocenters. The van der Waals surface area contributed by atoms with Gasteiger partial charge in [-0.3, -0.25) is 0 Å². The standard InChI is InChI=1S/C30H35ClN2O3S.ClH/c31-27-13-15-29(16-14-27)37(34,35)33(28-21-24-9-2-3-10-25(24)22-28)23-26-11-4-5-12-30(26)36-20-8-19-32-17-6-1-7-18-32;/h2-5,9-16,28H,1,6-8,17-23H2;1H. The number of rotatable bonds is 10. The first-order valence-electron chi connectivity index (χ1n) is 13.3. The lowest BCUT2D eigenvalue weighted by molar-refractivity contribution is 0.204. The molecular weight excluding hydrogens is 539 g/mol. The van der Waals surface area contributed by atoms with Gasteiger partial charge in [0.05, 0.1) is 11.5 Å². The molecule has 204 valence electrons. The first-order valence-corrected chi connectivity index (χ1v) is 15.1. The second kappa shape index (κ2) is 13.3. The molecule has 38 heavy (non-hydrogen) atoms. The van der Waals surface area contributed by atoms with Crippen LogP contribution in [-0.4, -0.2) is 49.9 Å². The molecule has 0 radical (unpaired) electrons. The lowest BCUT2D eigenvalue weighted by atomic mass is 10.1. The largest absolute Gasteiger partial charge is 0.493 e. The molecule has 0 amide bonds. The van der Waals surface area contributed by atoms with Crippen molar-refractivity contribution in [3.8, 4) is 5.75 Å². The maximum Gasteiger partial charge on any atom is 0.243 e. The smallest absolute Gasteiger partial charge is 0.243 e. The van der Waals surface area contributed by atoms with Gasteiger partial charge >= 0.3 is 0 Å². The Balaban J connectivity index is 0.00000336. The number of hydrogen-bond donors (Lipinski definition) is 0. The van der Waals surface area contributed by atoms with Crippen LogP contribution >= 0.6 is 24.0 Å². The number of nitrogens with zero attached hydrogens (tertiary/aromatic N) is 2. The Bertz CT molecular complexity index is 1270. The van der Waals surface area contributed by atoms with Crippen LogP contribution in [0.4, 0.5) is 0 Å². The van der Waals surface area contributed by atoms with E-state index in [1.807, 2.05) is 36.4 Å². The zero-order valence-electron chi connectivity index (χ0n) is 21.6. The van der Waals surface area contributed by atoms with Crippen LogP contribution in [0.25, 0.3) is 0 Å². The average Bonchev–Trinajstić information content (AvgIpc) is 3.35. The van der Waals surface area contributed by atoms with Crippen molar-refractivity contribution in [2.45, 2.75) is 56.0 Å². The molecule has 1 heterocycles. The van der Waals surface area contributed by atoms with Crippen molar-refractivity contribution >= 4 is 34.0 Å². The molecule has 3 aromatic carbocycles. The van der Waals surface area contributed by atoms with Crippen molar-refractivity contribution in [2.75, 3.05) is 26.2 Å². The van der Waals surface area contributed by atoms with Crippen molar-refractivity contribution in [3.63, 3.8) is 0 Å². The molecule has 0 saturated carbocycles. The number of hydrogen-bond acceptors (Lipinski definition) is 4. The number of para-hydroxylation sites is 1. The summed E-state index contributed by atoms with van der Waals surface area (Å²) in [4.78, 5) is 2.77. The topological polar surface area (TPSA) is 49.9 Å². The first kappa shape index (κ1) is 28.9. The van der Waals surface area contributed by atoms with Gasteiger partial charge in [0, 0.05) is 29.7 Å². The molecule has 1 aliphatic carbocycles. The third-order valence-electron chi connectivity index (χ3n) is 7.48. The summed E-state index contributed by atoms with van der Waals surface area (Å²) in [7, 11) is -3.76. The average molecular weight is 576 g/mol. The second-order valence-electron chi connectivity index (χ2n) is 10.0. The molecule has 8 heteroatoms. The predicted octanol–water partition coefficient (Wildman–Crippen LogP) is 6.37. The van der Waals surface area contributed by atoms with Crippen molar-refractivity contribution in [3.05, 3.63) is 94.5 Å². The molecule has 1 fully saturated rings. The van der Waals surface area contributed by atoms with Crippen molar-refractivity contribution in [1.82, 2.24) is 9.21 Å². The Morgan fingerprint density at radius 1 is 0.868 bits per heavy atom. The summed E-state index contributed by atoms with van der Waals surface area (Å²) < 4.78 is 35.8. The second-order valence-corrected chi connectivity index (χ2v) is 12.4. The minimum Gasteiger partial charge on any atom is -0.493 e. The van der Waals surface area contributed by atoms with E-state index in [4.69, 9.17) is 16.3 Å². The van der Waals surface area contributed by atoms with Gasteiger partial charge in [-0.1, -0.05) is 60.5 Å². The maximum atomic E-state index is 14.0. The summed E-state index contributed by atoms with van der Waals surface area (Å²) in [6, 6.07) is 22.4. The SMILES string of the molecule is Cl.O=S(=O)(c1ccc(Cl)cc1)N(Cc1ccccc1OCCCN1CCCCC1)C1Cc2ccccc2C1. The molecular formula is C30H36Cl2N2O3S. The third-order valence-corrected chi connectivity index (χ3v) is 9.65. The molecule has 0 atom stereocenters. The van der Waals surface area contributed by atoms with Crippen LogP contribution in [-0.2, 0) is 29.4 Å². The normalized spacial score (nSPS) is 16.3.